The summed E-state index contributed by atoms with van der Waals surface area (Å²) in [6.45, 7) is 2.55. The van der Waals surface area contributed by atoms with E-state index in [-0.39, 0.29) is 5.91 Å². The highest BCUT2D eigenvalue weighted by Crippen LogP contribution is 2.15. The number of hydrogen-bond donors (Lipinski definition) is 0. The average Bonchev–Trinajstić information content (AvgIpc) is 2.80. The maximum absolute atomic E-state index is 12.7. The van der Waals surface area contributed by atoms with Gasteiger partial charge in [0.1, 0.15) is 5.69 Å². The van der Waals surface area contributed by atoms with E-state index in [0.717, 1.165) is 38.2 Å². The van der Waals surface area contributed by atoms with Crippen LogP contribution in [0.3, 0.4) is 0 Å². The van der Waals surface area contributed by atoms with Gasteiger partial charge >= 0.3 is 0 Å². The molecule has 0 N–H and O–H groups in total. The SMILES string of the molecule is O=C(c1cccn1Cc1ccccc1)N1CCCCCC1. The number of rotatable bonds is 3. The molecular weight excluding hydrogens is 260 g/mol. The average molecular weight is 282 g/mol. The van der Waals surface area contributed by atoms with Crippen molar-refractivity contribution in [3.8, 4) is 0 Å². The van der Waals surface area contributed by atoms with Crippen LogP contribution in [0.15, 0.2) is 48.7 Å². The van der Waals surface area contributed by atoms with Crippen molar-refractivity contribution in [3.63, 3.8) is 0 Å². The minimum absolute atomic E-state index is 0.179. The number of aromatic nitrogens is 1. The third kappa shape index (κ3) is 3.35. The topological polar surface area (TPSA) is 25.2 Å². The van der Waals surface area contributed by atoms with Gasteiger partial charge in [0.15, 0.2) is 0 Å². The minimum Gasteiger partial charge on any atom is -0.339 e. The molecule has 0 atom stereocenters. The first kappa shape index (κ1) is 13.9. The van der Waals surface area contributed by atoms with Gasteiger partial charge in [0.2, 0.25) is 0 Å². The van der Waals surface area contributed by atoms with Crippen LogP contribution >= 0.6 is 0 Å². The molecule has 0 radical (unpaired) electrons. The summed E-state index contributed by atoms with van der Waals surface area (Å²) in [7, 11) is 0. The third-order valence-electron chi connectivity index (χ3n) is 4.14. The maximum Gasteiger partial charge on any atom is 0.270 e. The molecule has 0 saturated carbocycles. The fourth-order valence-corrected chi connectivity index (χ4v) is 2.96. The van der Waals surface area contributed by atoms with E-state index in [1.807, 2.05) is 41.4 Å². The Morgan fingerprint density at radius 2 is 1.62 bits per heavy atom. The van der Waals surface area contributed by atoms with Crippen LogP contribution in [-0.4, -0.2) is 28.5 Å². The molecule has 2 aromatic rings. The summed E-state index contributed by atoms with van der Waals surface area (Å²) in [5.41, 5.74) is 2.03. The van der Waals surface area contributed by atoms with Crippen molar-refractivity contribution in [2.24, 2.45) is 0 Å². The van der Waals surface area contributed by atoms with Crippen molar-refractivity contribution in [2.45, 2.75) is 32.2 Å². The molecule has 1 amide bonds. The van der Waals surface area contributed by atoms with E-state index in [0.29, 0.717) is 0 Å². The van der Waals surface area contributed by atoms with Gasteiger partial charge in [0, 0.05) is 25.8 Å². The number of amides is 1. The Kier molecular flexibility index (Phi) is 4.39. The molecule has 1 aliphatic rings. The quantitative estimate of drug-likeness (QED) is 0.845. The van der Waals surface area contributed by atoms with Gasteiger partial charge in [0.25, 0.3) is 5.91 Å². The van der Waals surface area contributed by atoms with E-state index >= 15 is 0 Å². The highest BCUT2D eigenvalue weighted by Gasteiger charge is 2.19. The van der Waals surface area contributed by atoms with Crippen LogP contribution in [0.1, 0.15) is 41.7 Å². The van der Waals surface area contributed by atoms with E-state index < -0.39 is 0 Å². The summed E-state index contributed by atoms with van der Waals surface area (Å²) in [6.07, 6.45) is 6.75. The highest BCUT2D eigenvalue weighted by atomic mass is 16.2. The number of benzene rings is 1. The maximum atomic E-state index is 12.7. The molecule has 1 aliphatic heterocycles. The molecule has 1 aromatic carbocycles. The second-order valence-electron chi connectivity index (χ2n) is 5.71. The molecule has 1 saturated heterocycles. The number of likely N-dealkylation sites (tertiary alicyclic amines) is 1. The van der Waals surface area contributed by atoms with Crippen LogP contribution in [0, 0.1) is 0 Å². The molecular formula is C18H22N2O. The molecule has 0 spiro atoms. The van der Waals surface area contributed by atoms with E-state index in [1.54, 1.807) is 0 Å². The Morgan fingerprint density at radius 3 is 2.33 bits per heavy atom. The van der Waals surface area contributed by atoms with Crippen molar-refractivity contribution in [2.75, 3.05) is 13.1 Å². The lowest BCUT2D eigenvalue weighted by molar-refractivity contribution is 0.0751. The Morgan fingerprint density at radius 1 is 0.905 bits per heavy atom. The minimum atomic E-state index is 0.179. The zero-order chi connectivity index (χ0) is 14.5. The number of carbonyl (C=O) groups excluding carboxylic acids is 1. The van der Waals surface area contributed by atoms with Crippen molar-refractivity contribution in [1.82, 2.24) is 9.47 Å². The van der Waals surface area contributed by atoms with Gasteiger partial charge in [-0.2, -0.15) is 0 Å². The molecule has 1 fully saturated rings. The van der Waals surface area contributed by atoms with Gasteiger partial charge in [-0.1, -0.05) is 43.2 Å². The van der Waals surface area contributed by atoms with Crippen LogP contribution < -0.4 is 0 Å². The molecule has 3 heteroatoms. The van der Waals surface area contributed by atoms with E-state index in [1.165, 1.54) is 18.4 Å². The Hall–Kier alpha value is -2.03. The highest BCUT2D eigenvalue weighted by molar-refractivity contribution is 5.92. The smallest absolute Gasteiger partial charge is 0.270 e. The van der Waals surface area contributed by atoms with Gasteiger partial charge in [-0.05, 0) is 30.5 Å². The second kappa shape index (κ2) is 6.61. The summed E-state index contributed by atoms with van der Waals surface area (Å²) >= 11 is 0. The van der Waals surface area contributed by atoms with Gasteiger partial charge in [0.05, 0.1) is 0 Å². The van der Waals surface area contributed by atoms with Crippen LogP contribution in [0.5, 0.6) is 0 Å². The van der Waals surface area contributed by atoms with Gasteiger partial charge in [-0.15, -0.1) is 0 Å². The van der Waals surface area contributed by atoms with Crippen molar-refractivity contribution >= 4 is 5.91 Å². The first-order valence-electron chi connectivity index (χ1n) is 7.83. The zero-order valence-electron chi connectivity index (χ0n) is 12.4. The molecule has 3 rings (SSSR count). The molecule has 0 aliphatic carbocycles. The van der Waals surface area contributed by atoms with E-state index in [4.69, 9.17) is 0 Å². The van der Waals surface area contributed by atoms with Crippen molar-refractivity contribution in [3.05, 3.63) is 59.9 Å². The predicted molar refractivity (Wildman–Crippen MR) is 84.3 cm³/mol. The Bertz CT molecular complexity index is 580. The van der Waals surface area contributed by atoms with Crippen LogP contribution in [0.25, 0.3) is 0 Å². The Balaban J connectivity index is 1.76. The molecule has 3 nitrogen and oxygen atoms in total. The first-order valence-corrected chi connectivity index (χ1v) is 7.83. The normalized spacial score (nSPS) is 15.7. The molecule has 21 heavy (non-hydrogen) atoms. The lowest BCUT2D eigenvalue weighted by Crippen LogP contribution is -2.33. The van der Waals surface area contributed by atoms with E-state index in [2.05, 4.69) is 16.7 Å². The summed E-state index contributed by atoms with van der Waals surface area (Å²) in [4.78, 5) is 14.7. The Labute approximate surface area is 126 Å². The molecule has 110 valence electrons. The molecule has 0 bridgehead atoms. The van der Waals surface area contributed by atoms with Crippen molar-refractivity contribution < 1.29 is 4.79 Å². The standard InChI is InChI=1S/C18H22N2O/c21-18(19-12-6-1-2-7-13-19)17-11-8-14-20(17)15-16-9-4-3-5-10-16/h3-5,8-11,14H,1-2,6-7,12-13,15H2. The molecule has 2 heterocycles. The van der Waals surface area contributed by atoms with Crippen LogP contribution in [-0.2, 0) is 6.54 Å². The molecule has 1 aromatic heterocycles. The summed E-state index contributed by atoms with van der Waals surface area (Å²) in [6, 6.07) is 14.2. The predicted octanol–water partition coefficient (Wildman–Crippen LogP) is 3.55. The van der Waals surface area contributed by atoms with Gasteiger partial charge in [-0.3, -0.25) is 4.79 Å². The van der Waals surface area contributed by atoms with Crippen LogP contribution in [0.4, 0.5) is 0 Å². The fourth-order valence-electron chi connectivity index (χ4n) is 2.96. The molecule has 0 unspecified atom stereocenters. The third-order valence-corrected chi connectivity index (χ3v) is 4.14. The number of hydrogen-bond acceptors (Lipinski definition) is 1. The summed E-state index contributed by atoms with van der Waals surface area (Å²) < 4.78 is 2.06. The lowest BCUT2D eigenvalue weighted by Gasteiger charge is -2.21. The monoisotopic (exact) mass is 282 g/mol. The fraction of sp³-hybridized carbons (Fsp3) is 0.389. The second-order valence-corrected chi connectivity index (χ2v) is 5.71. The van der Waals surface area contributed by atoms with Crippen LogP contribution in [0.2, 0.25) is 0 Å². The zero-order valence-corrected chi connectivity index (χ0v) is 12.4. The largest absolute Gasteiger partial charge is 0.339 e. The van der Waals surface area contributed by atoms with E-state index in [9.17, 15) is 4.79 Å². The van der Waals surface area contributed by atoms with Gasteiger partial charge in [-0.25, -0.2) is 0 Å². The van der Waals surface area contributed by atoms with Gasteiger partial charge < -0.3 is 9.47 Å². The lowest BCUT2D eigenvalue weighted by atomic mass is 10.2. The first-order chi connectivity index (χ1) is 10.3. The van der Waals surface area contributed by atoms with Crippen molar-refractivity contribution in [1.29, 1.82) is 0 Å². The number of carbonyl (C=O) groups is 1. The summed E-state index contributed by atoms with van der Waals surface area (Å²) in [5, 5.41) is 0. The summed E-state index contributed by atoms with van der Waals surface area (Å²) in [5.74, 6) is 0.179. The number of nitrogens with zero attached hydrogens (tertiary/aromatic N) is 2.